The molecule has 9 heteroatoms. The molecule has 1 N–H and O–H groups in total. The Hall–Kier alpha value is -4.14. The van der Waals surface area contributed by atoms with Gasteiger partial charge in [-0.2, -0.15) is 0 Å². The van der Waals surface area contributed by atoms with E-state index < -0.39 is 28.5 Å². The summed E-state index contributed by atoms with van der Waals surface area (Å²) in [5.41, 5.74) is 3.01. The van der Waals surface area contributed by atoms with Gasteiger partial charge in [0, 0.05) is 24.5 Å². The second kappa shape index (κ2) is 14.8. The Morgan fingerprint density at radius 2 is 1.47 bits per heavy atom. The second-order valence-corrected chi connectivity index (χ2v) is 12.6. The smallest absolute Gasteiger partial charge is 0.264 e. The van der Waals surface area contributed by atoms with Crippen LogP contribution in [-0.2, 0) is 32.6 Å². The minimum Gasteiger partial charge on any atom is -0.354 e. The van der Waals surface area contributed by atoms with Crippen LogP contribution in [0.15, 0.2) is 114 Å². The predicted octanol–water partition coefficient (Wildman–Crippen LogP) is 6.01. The van der Waals surface area contributed by atoms with Crippen molar-refractivity contribution >= 4 is 39.1 Å². The van der Waals surface area contributed by atoms with Gasteiger partial charge in [-0.3, -0.25) is 13.9 Å². The highest BCUT2D eigenvalue weighted by Gasteiger charge is 2.34. The first kappa shape index (κ1) is 31.8. The number of anilines is 1. The predicted molar refractivity (Wildman–Crippen MR) is 171 cm³/mol. The Morgan fingerprint density at radius 1 is 0.837 bits per heavy atom. The fourth-order valence-electron chi connectivity index (χ4n) is 4.78. The first-order chi connectivity index (χ1) is 20.7. The average Bonchev–Trinajstić information content (AvgIpc) is 3.01. The molecule has 0 saturated heterocycles. The number of hydrogen-bond donors (Lipinski definition) is 1. The van der Waals surface area contributed by atoms with Crippen LogP contribution >= 0.6 is 11.6 Å². The Labute approximate surface area is 259 Å². The molecular formula is C34H36ClN3O4S. The van der Waals surface area contributed by atoms with E-state index in [2.05, 4.69) is 5.32 Å². The monoisotopic (exact) mass is 617 g/mol. The Bertz CT molecular complexity index is 1610. The van der Waals surface area contributed by atoms with E-state index in [0.29, 0.717) is 11.6 Å². The van der Waals surface area contributed by atoms with Gasteiger partial charge in [0.2, 0.25) is 11.8 Å². The lowest BCUT2D eigenvalue weighted by Gasteiger charge is -2.34. The van der Waals surface area contributed by atoms with Crippen LogP contribution in [0.4, 0.5) is 5.69 Å². The number of halogens is 1. The summed E-state index contributed by atoms with van der Waals surface area (Å²) in [5.74, 6) is -0.806. The summed E-state index contributed by atoms with van der Waals surface area (Å²) in [7, 11) is -4.15. The average molecular weight is 618 g/mol. The molecule has 0 radical (unpaired) electrons. The topological polar surface area (TPSA) is 86.8 Å². The molecule has 0 spiro atoms. The van der Waals surface area contributed by atoms with E-state index in [1.54, 1.807) is 42.5 Å². The minimum absolute atomic E-state index is 0.0458. The maximum Gasteiger partial charge on any atom is 0.264 e. The number of rotatable bonds is 13. The number of amides is 2. The number of benzene rings is 4. The van der Waals surface area contributed by atoms with Gasteiger partial charge in [-0.15, -0.1) is 0 Å². The lowest BCUT2D eigenvalue weighted by molar-refractivity contribution is -0.140. The number of hydrogen-bond acceptors (Lipinski definition) is 4. The number of carbonyl (C=O) groups excluding carboxylic acids is 2. The Kier molecular flexibility index (Phi) is 11.0. The number of sulfonamides is 1. The van der Waals surface area contributed by atoms with Crippen molar-refractivity contribution in [3.63, 3.8) is 0 Å². The van der Waals surface area contributed by atoms with Crippen molar-refractivity contribution in [2.24, 2.45) is 0 Å². The maximum absolute atomic E-state index is 14.4. The van der Waals surface area contributed by atoms with Gasteiger partial charge in [-0.1, -0.05) is 96.9 Å². The highest BCUT2D eigenvalue weighted by molar-refractivity contribution is 7.92. The van der Waals surface area contributed by atoms with Gasteiger partial charge in [-0.25, -0.2) is 8.42 Å². The molecule has 0 unspecified atom stereocenters. The summed E-state index contributed by atoms with van der Waals surface area (Å²) < 4.78 is 29.0. The summed E-state index contributed by atoms with van der Waals surface area (Å²) in [4.78, 5) is 29.6. The van der Waals surface area contributed by atoms with Gasteiger partial charge in [-0.05, 0) is 60.9 Å². The summed E-state index contributed by atoms with van der Waals surface area (Å²) in [6.45, 7) is 3.98. The molecule has 4 aromatic carbocycles. The van der Waals surface area contributed by atoms with E-state index >= 15 is 0 Å². The zero-order valence-corrected chi connectivity index (χ0v) is 25.9. The third kappa shape index (κ3) is 8.46. The van der Waals surface area contributed by atoms with Crippen LogP contribution in [0.3, 0.4) is 0 Å². The molecular weight excluding hydrogens is 582 g/mol. The SMILES string of the molecule is CCCNC(=O)[C@@H](Cc1ccccc1)N(Cc1cccc(C)c1)C(=O)CN(c1ccc(Cl)cc1)S(=O)(=O)c1ccccc1. The van der Waals surface area contributed by atoms with Gasteiger partial charge in [0.15, 0.2) is 0 Å². The number of nitrogens with zero attached hydrogens (tertiary/aromatic N) is 2. The standard InChI is InChI=1S/C34H36ClN3O4S/c1-3-21-36-34(40)32(23-27-12-6-4-7-13-27)37(24-28-14-10-11-26(2)22-28)33(39)25-38(30-19-17-29(35)18-20-30)43(41,42)31-15-8-5-9-16-31/h4-20,22,32H,3,21,23-25H2,1-2H3,(H,36,40)/t32-/m1/s1. The first-order valence-electron chi connectivity index (χ1n) is 14.2. The molecule has 1 atom stereocenters. The normalized spacial score (nSPS) is 11.9. The number of carbonyl (C=O) groups is 2. The van der Waals surface area contributed by atoms with Crippen LogP contribution in [-0.4, -0.2) is 44.3 Å². The van der Waals surface area contributed by atoms with Crippen LogP contribution in [0.5, 0.6) is 0 Å². The lowest BCUT2D eigenvalue weighted by atomic mass is 10.0. The molecule has 0 bridgehead atoms. The van der Waals surface area contributed by atoms with E-state index in [1.165, 1.54) is 17.0 Å². The van der Waals surface area contributed by atoms with Crippen molar-refractivity contribution in [2.45, 2.75) is 44.2 Å². The van der Waals surface area contributed by atoms with Crippen LogP contribution in [0, 0.1) is 6.92 Å². The van der Waals surface area contributed by atoms with E-state index in [-0.39, 0.29) is 29.5 Å². The molecule has 4 aromatic rings. The first-order valence-corrected chi connectivity index (χ1v) is 16.0. The molecule has 0 aliphatic rings. The van der Waals surface area contributed by atoms with Gasteiger partial charge >= 0.3 is 0 Å². The van der Waals surface area contributed by atoms with Crippen LogP contribution in [0.2, 0.25) is 5.02 Å². The molecule has 43 heavy (non-hydrogen) atoms. The molecule has 0 aliphatic heterocycles. The van der Waals surface area contributed by atoms with Crippen LogP contribution in [0.1, 0.15) is 30.0 Å². The van der Waals surface area contributed by atoms with Crippen molar-refractivity contribution in [1.29, 1.82) is 0 Å². The number of nitrogens with one attached hydrogen (secondary N) is 1. The molecule has 2 amide bonds. The van der Waals surface area contributed by atoms with E-state index in [4.69, 9.17) is 11.6 Å². The van der Waals surface area contributed by atoms with Crippen molar-refractivity contribution in [3.05, 3.63) is 131 Å². The minimum atomic E-state index is -4.15. The Balaban J connectivity index is 1.78. The van der Waals surface area contributed by atoms with Crippen LogP contribution in [0.25, 0.3) is 0 Å². The second-order valence-electron chi connectivity index (χ2n) is 10.3. The van der Waals surface area contributed by atoms with Crippen molar-refractivity contribution in [1.82, 2.24) is 10.2 Å². The zero-order valence-electron chi connectivity index (χ0n) is 24.3. The van der Waals surface area contributed by atoms with Gasteiger partial charge in [0.1, 0.15) is 12.6 Å². The molecule has 4 rings (SSSR count). The lowest BCUT2D eigenvalue weighted by Crippen LogP contribution is -2.53. The highest BCUT2D eigenvalue weighted by Crippen LogP contribution is 2.26. The molecule has 0 saturated carbocycles. The zero-order chi connectivity index (χ0) is 30.8. The third-order valence-corrected chi connectivity index (χ3v) is 9.02. The quantitative estimate of drug-likeness (QED) is 0.199. The van der Waals surface area contributed by atoms with Gasteiger partial charge in [0.05, 0.1) is 10.6 Å². The van der Waals surface area contributed by atoms with E-state index in [1.807, 2.05) is 68.4 Å². The Morgan fingerprint density at radius 3 is 2.09 bits per heavy atom. The summed E-state index contributed by atoms with van der Waals surface area (Å²) in [5, 5.41) is 3.39. The maximum atomic E-state index is 14.4. The van der Waals surface area contributed by atoms with Crippen LogP contribution < -0.4 is 9.62 Å². The van der Waals surface area contributed by atoms with Gasteiger partial charge < -0.3 is 10.2 Å². The molecule has 224 valence electrons. The van der Waals surface area contributed by atoms with E-state index in [0.717, 1.165) is 27.4 Å². The molecule has 0 aromatic heterocycles. The number of aryl methyl sites for hydroxylation is 1. The fourth-order valence-corrected chi connectivity index (χ4v) is 6.34. The summed E-state index contributed by atoms with van der Waals surface area (Å²) >= 11 is 6.11. The third-order valence-electron chi connectivity index (χ3n) is 6.98. The van der Waals surface area contributed by atoms with Crippen molar-refractivity contribution in [3.8, 4) is 0 Å². The molecule has 7 nitrogen and oxygen atoms in total. The van der Waals surface area contributed by atoms with E-state index in [9.17, 15) is 18.0 Å². The van der Waals surface area contributed by atoms with Gasteiger partial charge in [0.25, 0.3) is 10.0 Å². The van der Waals surface area contributed by atoms with Crippen molar-refractivity contribution in [2.75, 3.05) is 17.4 Å². The highest BCUT2D eigenvalue weighted by atomic mass is 35.5. The van der Waals surface area contributed by atoms with Crippen molar-refractivity contribution < 1.29 is 18.0 Å². The summed E-state index contributed by atoms with van der Waals surface area (Å²) in [6.07, 6.45) is 0.996. The molecule has 0 fully saturated rings. The molecule has 0 aliphatic carbocycles. The fraction of sp³-hybridized carbons (Fsp3) is 0.235. The largest absolute Gasteiger partial charge is 0.354 e. The summed E-state index contributed by atoms with van der Waals surface area (Å²) in [6, 6.07) is 30.6. The molecule has 0 heterocycles.